The second-order valence-corrected chi connectivity index (χ2v) is 3.63. The molecule has 1 heterocycles. The largest absolute Gasteiger partial charge is 0.394 e. The Morgan fingerprint density at radius 1 is 1.44 bits per heavy atom. The number of aromatic nitrogens is 2. The van der Waals surface area contributed by atoms with Crippen molar-refractivity contribution >= 4 is 0 Å². The van der Waals surface area contributed by atoms with Crippen molar-refractivity contribution in [3.8, 4) is 11.8 Å². The van der Waals surface area contributed by atoms with Gasteiger partial charge in [0.2, 0.25) is 0 Å². The van der Waals surface area contributed by atoms with Gasteiger partial charge in [0.15, 0.2) is 0 Å². The minimum absolute atomic E-state index is 0.121. The van der Waals surface area contributed by atoms with Crippen molar-refractivity contribution in [1.29, 1.82) is 0 Å². The Kier molecular flexibility index (Phi) is 5.03. The Labute approximate surface area is 96.7 Å². The summed E-state index contributed by atoms with van der Waals surface area (Å²) in [4.78, 5) is 0. The summed E-state index contributed by atoms with van der Waals surface area (Å²) >= 11 is 0. The minimum atomic E-state index is 0.121. The van der Waals surface area contributed by atoms with Crippen molar-refractivity contribution in [2.75, 3.05) is 13.2 Å². The predicted molar refractivity (Wildman–Crippen MR) is 63.9 cm³/mol. The SMILES string of the molecule is CC#CCNCc1c(C)nn(CCO)c1C. The van der Waals surface area contributed by atoms with E-state index >= 15 is 0 Å². The smallest absolute Gasteiger partial charge is 0.0644 e. The molecule has 2 N–H and O–H groups in total. The van der Waals surface area contributed by atoms with Gasteiger partial charge in [-0.05, 0) is 20.8 Å². The molecule has 1 rings (SSSR count). The Hall–Kier alpha value is -1.31. The fourth-order valence-electron chi connectivity index (χ4n) is 1.64. The van der Waals surface area contributed by atoms with Crippen molar-refractivity contribution in [1.82, 2.24) is 15.1 Å². The lowest BCUT2D eigenvalue weighted by molar-refractivity contribution is 0.267. The first-order chi connectivity index (χ1) is 7.70. The first-order valence-corrected chi connectivity index (χ1v) is 5.44. The Morgan fingerprint density at radius 3 is 2.81 bits per heavy atom. The lowest BCUT2D eigenvalue weighted by Gasteiger charge is -2.03. The number of hydrogen-bond acceptors (Lipinski definition) is 3. The van der Waals surface area contributed by atoms with Gasteiger partial charge in [-0.1, -0.05) is 5.92 Å². The second-order valence-electron chi connectivity index (χ2n) is 3.63. The van der Waals surface area contributed by atoms with E-state index in [1.54, 1.807) is 0 Å². The molecule has 0 saturated carbocycles. The van der Waals surface area contributed by atoms with Crippen LogP contribution in [-0.2, 0) is 13.1 Å². The van der Waals surface area contributed by atoms with Crippen LogP contribution in [0.3, 0.4) is 0 Å². The van der Waals surface area contributed by atoms with Crippen LogP contribution < -0.4 is 5.32 Å². The predicted octanol–water partition coefficient (Wildman–Crippen LogP) is 0.605. The van der Waals surface area contributed by atoms with E-state index < -0.39 is 0 Å². The van der Waals surface area contributed by atoms with Crippen LogP contribution in [0.15, 0.2) is 0 Å². The van der Waals surface area contributed by atoms with Gasteiger partial charge in [0, 0.05) is 17.8 Å². The molecule has 88 valence electrons. The van der Waals surface area contributed by atoms with Crippen LogP contribution in [0.2, 0.25) is 0 Å². The number of nitrogens with one attached hydrogen (secondary N) is 1. The molecule has 0 aliphatic heterocycles. The van der Waals surface area contributed by atoms with Crippen LogP contribution in [0.4, 0.5) is 0 Å². The maximum absolute atomic E-state index is 8.90. The summed E-state index contributed by atoms with van der Waals surface area (Å²) in [7, 11) is 0. The van der Waals surface area contributed by atoms with Crippen LogP contribution in [-0.4, -0.2) is 28.0 Å². The zero-order valence-corrected chi connectivity index (χ0v) is 10.2. The molecule has 0 aliphatic rings. The summed E-state index contributed by atoms with van der Waals surface area (Å²) < 4.78 is 1.85. The highest BCUT2D eigenvalue weighted by atomic mass is 16.3. The summed E-state index contributed by atoms with van der Waals surface area (Å²) in [6, 6.07) is 0. The molecule has 0 atom stereocenters. The fraction of sp³-hybridized carbons (Fsp3) is 0.583. The van der Waals surface area contributed by atoms with E-state index in [9.17, 15) is 0 Å². The molecular formula is C12H19N3O. The lowest BCUT2D eigenvalue weighted by atomic mass is 10.2. The molecule has 0 saturated heterocycles. The maximum atomic E-state index is 8.90. The van der Waals surface area contributed by atoms with Crippen molar-refractivity contribution in [3.05, 3.63) is 17.0 Å². The molecule has 0 radical (unpaired) electrons. The number of aliphatic hydroxyl groups is 1. The summed E-state index contributed by atoms with van der Waals surface area (Å²) in [6.45, 7) is 7.99. The zero-order valence-electron chi connectivity index (χ0n) is 10.2. The van der Waals surface area contributed by atoms with Gasteiger partial charge in [-0.25, -0.2) is 0 Å². The van der Waals surface area contributed by atoms with E-state index in [0.29, 0.717) is 13.1 Å². The molecule has 1 aromatic heterocycles. The number of hydrogen-bond donors (Lipinski definition) is 2. The highest BCUT2D eigenvalue weighted by Crippen LogP contribution is 2.12. The molecule has 0 bridgehead atoms. The van der Waals surface area contributed by atoms with Gasteiger partial charge in [0.1, 0.15) is 0 Å². The highest BCUT2D eigenvalue weighted by Gasteiger charge is 2.09. The van der Waals surface area contributed by atoms with Crippen molar-refractivity contribution in [2.24, 2.45) is 0 Å². The summed E-state index contributed by atoms with van der Waals surface area (Å²) in [5.41, 5.74) is 3.33. The van der Waals surface area contributed by atoms with Crippen LogP contribution >= 0.6 is 0 Å². The molecule has 4 nitrogen and oxygen atoms in total. The second kappa shape index (κ2) is 6.31. The molecule has 0 fully saturated rings. The van der Waals surface area contributed by atoms with Crippen LogP contribution in [0.25, 0.3) is 0 Å². The Balaban J connectivity index is 2.67. The number of aliphatic hydroxyl groups excluding tert-OH is 1. The van der Waals surface area contributed by atoms with Gasteiger partial charge < -0.3 is 10.4 Å². The standard InChI is InChI=1S/C12H19N3O/c1-4-5-6-13-9-12-10(2)14-15(7-8-16)11(12)3/h13,16H,6-9H2,1-3H3. The summed E-state index contributed by atoms with van der Waals surface area (Å²) in [6.07, 6.45) is 0. The van der Waals surface area contributed by atoms with Crippen molar-refractivity contribution in [3.63, 3.8) is 0 Å². The Bertz CT molecular complexity index is 398. The molecule has 0 amide bonds. The van der Waals surface area contributed by atoms with E-state index in [4.69, 9.17) is 5.11 Å². The first kappa shape index (κ1) is 12.8. The van der Waals surface area contributed by atoms with Gasteiger partial charge in [0.05, 0.1) is 25.4 Å². The summed E-state index contributed by atoms with van der Waals surface area (Å²) in [5.74, 6) is 5.80. The monoisotopic (exact) mass is 221 g/mol. The van der Waals surface area contributed by atoms with Gasteiger partial charge in [-0.2, -0.15) is 5.10 Å². The zero-order chi connectivity index (χ0) is 12.0. The average Bonchev–Trinajstić information content (AvgIpc) is 2.52. The number of aryl methyl sites for hydroxylation is 1. The quantitative estimate of drug-likeness (QED) is 0.565. The number of rotatable bonds is 5. The minimum Gasteiger partial charge on any atom is -0.394 e. The summed E-state index contributed by atoms with van der Waals surface area (Å²) in [5, 5.41) is 16.5. The molecule has 0 aromatic carbocycles. The third-order valence-corrected chi connectivity index (χ3v) is 2.54. The van der Waals surface area contributed by atoms with Gasteiger partial charge >= 0.3 is 0 Å². The highest BCUT2D eigenvalue weighted by molar-refractivity contribution is 5.24. The fourth-order valence-corrected chi connectivity index (χ4v) is 1.64. The molecule has 16 heavy (non-hydrogen) atoms. The van der Waals surface area contributed by atoms with Gasteiger partial charge in [-0.15, -0.1) is 5.92 Å². The van der Waals surface area contributed by atoms with E-state index in [2.05, 4.69) is 22.3 Å². The Morgan fingerprint density at radius 2 is 2.19 bits per heavy atom. The first-order valence-electron chi connectivity index (χ1n) is 5.44. The maximum Gasteiger partial charge on any atom is 0.0644 e. The normalized spacial score (nSPS) is 10.0. The third-order valence-electron chi connectivity index (χ3n) is 2.54. The van der Waals surface area contributed by atoms with Gasteiger partial charge in [-0.3, -0.25) is 4.68 Å². The van der Waals surface area contributed by atoms with Crippen molar-refractivity contribution in [2.45, 2.75) is 33.9 Å². The number of nitrogens with zero attached hydrogens (tertiary/aromatic N) is 2. The molecule has 4 heteroatoms. The van der Waals surface area contributed by atoms with E-state index in [-0.39, 0.29) is 6.61 Å². The third kappa shape index (κ3) is 3.09. The van der Waals surface area contributed by atoms with E-state index in [1.807, 2.05) is 25.5 Å². The van der Waals surface area contributed by atoms with Gasteiger partial charge in [0.25, 0.3) is 0 Å². The van der Waals surface area contributed by atoms with E-state index in [0.717, 1.165) is 17.9 Å². The van der Waals surface area contributed by atoms with Crippen LogP contribution in [0.1, 0.15) is 23.9 Å². The average molecular weight is 221 g/mol. The van der Waals surface area contributed by atoms with Crippen molar-refractivity contribution < 1.29 is 5.11 Å². The van der Waals surface area contributed by atoms with E-state index in [1.165, 1.54) is 5.56 Å². The van der Waals surface area contributed by atoms with Crippen LogP contribution in [0, 0.1) is 25.7 Å². The molecule has 0 spiro atoms. The topological polar surface area (TPSA) is 50.1 Å². The molecule has 1 aromatic rings. The molecule has 0 unspecified atom stereocenters. The van der Waals surface area contributed by atoms with Crippen LogP contribution in [0.5, 0.6) is 0 Å². The lowest BCUT2D eigenvalue weighted by Crippen LogP contribution is -2.14. The molecule has 0 aliphatic carbocycles. The molecular weight excluding hydrogens is 202 g/mol.